The van der Waals surface area contributed by atoms with Crippen LogP contribution in [0.25, 0.3) is 0 Å². The maximum atomic E-state index is 6.04. The number of guanidine groups is 1. The first-order chi connectivity index (χ1) is 10.7. The van der Waals surface area contributed by atoms with E-state index in [0.717, 1.165) is 5.69 Å². The van der Waals surface area contributed by atoms with Crippen LogP contribution in [0, 0.1) is 0 Å². The first kappa shape index (κ1) is 15.9. The number of nitrogens with zero attached hydrogens (tertiary/aromatic N) is 2. The summed E-state index contributed by atoms with van der Waals surface area (Å²) >= 11 is 6.04. The molecule has 7 heteroatoms. The summed E-state index contributed by atoms with van der Waals surface area (Å²) in [6.07, 6.45) is 3.33. The number of rotatable bonds is 6. The fourth-order valence-electron chi connectivity index (χ4n) is 1.69. The summed E-state index contributed by atoms with van der Waals surface area (Å²) < 4.78 is 10.5. The zero-order valence-electron chi connectivity index (χ0n) is 12.1. The summed E-state index contributed by atoms with van der Waals surface area (Å²) in [5, 5.41) is 3.45. The number of halogens is 1. The van der Waals surface area contributed by atoms with Crippen LogP contribution >= 0.6 is 11.6 Å². The molecule has 0 fully saturated rings. The van der Waals surface area contributed by atoms with Crippen LogP contribution in [-0.2, 0) is 0 Å². The molecule has 1 aromatic heterocycles. The minimum atomic E-state index is 0.288. The van der Waals surface area contributed by atoms with E-state index in [4.69, 9.17) is 26.8 Å². The molecule has 0 radical (unpaired) electrons. The number of nitrogens with two attached hydrogens (primary N) is 1. The van der Waals surface area contributed by atoms with Crippen molar-refractivity contribution in [3.05, 3.63) is 47.7 Å². The van der Waals surface area contributed by atoms with Gasteiger partial charge in [0.1, 0.15) is 18.1 Å². The number of hydrogen-bond donors (Lipinski definition) is 2. The van der Waals surface area contributed by atoms with Crippen molar-refractivity contribution in [1.29, 1.82) is 0 Å². The van der Waals surface area contributed by atoms with Gasteiger partial charge in [0.15, 0.2) is 5.96 Å². The lowest BCUT2D eigenvalue weighted by molar-refractivity contribution is 0.327. The zero-order valence-corrected chi connectivity index (χ0v) is 12.9. The van der Waals surface area contributed by atoms with E-state index >= 15 is 0 Å². The molecule has 0 amide bonds. The Bertz CT molecular complexity index is 635. The van der Waals surface area contributed by atoms with Crippen molar-refractivity contribution >= 4 is 23.2 Å². The van der Waals surface area contributed by atoms with E-state index in [2.05, 4.69) is 15.3 Å². The summed E-state index contributed by atoms with van der Waals surface area (Å²) in [6.45, 7) is 0.842. The third-order valence-corrected chi connectivity index (χ3v) is 3.00. The molecular weight excluding hydrogens is 304 g/mol. The minimum absolute atomic E-state index is 0.288. The number of anilines is 1. The first-order valence-electron chi connectivity index (χ1n) is 6.62. The number of nitrogens with one attached hydrogen (secondary N) is 1. The number of ether oxygens (including phenoxy) is 2. The molecule has 0 aliphatic rings. The van der Waals surface area contributed by atoms with Gasteiger partial charge in [-0.2, -0.15) is 0 Å². The van der Waals surface area contributed by atoms with Gasteiger partial charge in [0, 0.05) is 11.9 Å². The number of aromatic nitrogens is 1. The third kappa shape index (κ3) is 4.82. The number of hydrogen-bond acceptors (Lipinski definition) is 4. The highest BCUT2D eigenvalue weighted by atomic mass is 35.5. The lowest BCUT2D eigenvalue weighted by Gasteiger charge is -2.08. The van der Waals surface area contributed by atoms with E-state index in [9.17, 15) is 0 Å². The molecule has 0 aliphatic heterocycles. The SMILES string of the molecule is COc1ccc(NC(N)=NCCOc2cccnc2)cc1Cl. The maximum Gasteiger partial charge on any atom is 0.193 e. The fraction of sp³-hybridized carbons (Fsp3) is 0.200. The molecule has 0 unspecified atom stereocenters. The summed E-state index contributed by atoms with van der Waals surface area (Å²) in [4.78, 5) is 8.13. The number of aliphatic imine (C=N–C) groups is 1. The summed E-state index contributed by atoms with van der Waals surface area (Å²) in [5.41, 5.74) is 6.54. The second kappa shape index (κ2) is 8.09. The van der Waals surface area contributed by atoms with Gasteiger partial charge in [-0.3, -0.25) is 4.98 Å². The molecule has 0 saturated heterocycles. The zero-order chi connectivity index (χ0) is 15.8. The van der Waals surface area contributed by atoms with Crippen LogP contribution in [0.1, 0.15) is 0 Å². The second-order valence-electron chi connectivity index (χ2n) is 4.28. The minimum Gasteiger partial charge on any atom is -0.495 e. The molecule has 1 heterocycles. The van der Waals surface area contributed by atoms with Gasteiger partial charge in [-0.1, -0.05) is 11.6 Å². The Balaban J connectivity index is 1.81. The molecule has 116 valence electrons. The average Bonchev–Trinajstić information content (AvgIpc) is 2.53. The second-order valence-corrected chi connectivity index (χ2v) is 4.69. The van der Waals surface area contributed by atoms with E-state index in [1.54, 1.807) is 37.7 Å². The van der Waals surface area contributed by atoms with Crippen LogP contribution in [0.5, 0.6) is 11.5 Å². The third-order valence-electron chi connectivity index (χ3n) is 2.70. The topological polar surface area (TPSA) is 81.8 Å². The molecule has 3 N–H and O–H groups in total. The molecule has 2 rings (SSSR count). The Kier molecular flexibility index (Phi) is 5.85. The lowest BCUT2D eigenvalue weighted by atomic mass is 10.3. The average molecular weight is 321 g/mol. The number of methoxy groups -OCH3 is 1. The molecule has 0 aliphatic carbocycles. The predicted molar refractivity (Wildman–Crippen MR) is 87.8 cm³/mol. The lowest BCUT2D eigenvalue weighted by Crippen LogP contribution is -2.23. The van der Waals surface area contributed by atoms with Gasteiger partial charge in [0.25, 0.3) is 0 Å². The summed E-state index contributed by atoms with van der Waals surface area (Å²) in [5.74, 6) is 1.59. The normalized spacial score (nSPS) is 11.1. The van der Waals surface area contributed by atoms with Gasteiger partial charge in [-0.15, -0.1) is 0 Å². The van der Waals surface area contributed by atoms with Crippen molar-refractivity contribution in [2.45, 2.75) is 0 Å². The highest BCUT2D eigenvalue weighted by Crippen LogP contribution is 2.26. The molecule has 22 heavy (non-hydrogen) atoms. The van der Waals surface area contributed by atoms with Gasteiger partial charge >= 0.3 is 0 Å². The van der Waals surface area contributed by atoms with Crippen molar-refractivity contribution in [3.8, 4) is 11.5 Å². The molecule has 2 aromatic rings. The van der Waals surface area contributed by atoms with Crippen molar-refractivity contribution in [2.75, 3.05) is 25.6 Å². The molecule has 0 atom stereocenters. The van der Waals surface area contributed by atoms with Gasteiger partial charge in [-0.05, 0) is 30.3 Å². The monoisotopic (exact) mass is 320 g/mol. The first-order valence-corrected chi connectivity index (χ1v) is 7.00. The van der Waals surface area contributed by atoms with Crippen LogP contribution in [0.15, 0.2) is 47.7 Å². The smallest absolute Gasteiger partial charge is 0.193 e. The van der Waals surface area contributed by atoms with E-state index in [-0.39, 0.29) is 5.96 Å². The molecule has 0 spiro atoms. The highest BCUT2D eigenvalue weighted by molar-refractivity contribution is 6.32. The standard InChI is InChI=1S/C15H17ClN4O2/c1-21-14-5-4-11(9-13(14)16)20-15(17)19-7-8-22-12-3-2-6-18-10-12/h2-6,9-10H,7-8H2,1H3,(H3,17,19,20). The quantitative estimate of drug-likeness (QED) is 0.485. The van der Waals surface area contributed by atoms with Crippen LogP contribution in [-0.4, -0.2) is 31.2 Å². The van der Waals surface area contributed by atoms with Crippen LogP contribution in [0.4, 0.5) is 5.69 Å². The van der Waals surface area contributed by atoms with Crippen molar-refractivity contribution in [1.82, 2.24) is 4.98 Å². The van der Waals surface area contributed by atoms with Crippen LogP contribution < -0.4 is 20.5 Å². The number of benzene rings is 1. The molecule has 1 aromatic carbocycles. The Morgan fingerprint density at radius 1 is 1.41 bits per heavy atom. The van der Waals surface area contributed by atoms with Crippen molar-refractivity contribution in [3.63, 3.8) is 0 Å². The molecule has 0 saturated carbocycles. The number of pyridine rings is 1. The van der Waals surface area contributed by atoms with E-state index < -0.39 is 0 Å². The van der Waals surface area contributed by atoms with E-state index in [1.165, 1.54) is 0 Å². The van der Waals surface area contributed by atoms with Crippen molar-refractivity contribution in [2.24, 2.45) is 10.7 Å². The molecular formula is C15H17ClN4O2. The van der Waals surface area contributed by atoms with Crippen molar-refractivity contribution < 1.29 is 9.47 Å². The fourth-order valence-corrected chi connectivity index (χ4v) is 1.95. The maximum absolute atomic E-state index is 6.04. The van der Waals surface area contributed by atoms with Crippen LogP contribution in [0.2, 0.25) is 5.02 Å². The van der Waals surface area contributed by atoms with Crippen LogP contribution in [0.3, 0.4) is 0 Å². The Hall–Kier alpha value is -2.47. The highest BCUT2D eigenvalue weighted by Gasteiger charge is 2.02. The molecule has 0 bridgehead atoms. The summed E-state index contributed by atoms with van der Waals surface area (Å²) in [6, 6.07) is 8.91. The van der Waals surface area contributed by atoms with Gasteiger partial charge in [0.05, 0.1) is 24.9 Å². The summed E-state index contributed by atoms with van der Waals surface area (Å²) in [7, 11) is 1.56. The predicted octanol–water partition coefficient (Wildman–Crippen LogP) is 2.55. The Morgan fingerprint density at radius 2 is 2.27 bits per heavy atom. The van der Waals surface area contributed by atoms with Gasteiger partial charge in [-0.25, -0.2) is 4.99 Å². The van der Waals surface area contributed by atoms with E-state index in [0.29, 0.717) is 29.7 Å². The Labute approximate surface area is 133 Å². The Morgan fingerprint density at radius 3 is 2.95 bits per heavy atom. The van der Waals surface area contributed by atoms with Gasteiger partial charge in [0.2, 0.25) is 0 Å². The van der Waals surface area contributed by atoms with E-state index in [1.807, 2.05) is 12.1 Å². The molecule has 6 nitrogen and oxygen atoms in total. The van der Waals surface area contributed by atoms with Gasteiger partial charge < -0.3 is 20.5 Å². The largest absolute Gasteiger partial charge is 0.495 e.